The number of benzene rings is 1. The lowest BCUT2D eigenvalue weighted by molar-refractivity contribution is 0.190. The summed E-state index contributed by atoms with van der Waals surface area (Å²) in [6, 6.07) is 10.1. The second kappa shape index (κ2) is 6.06. The van der Waals surface area contributed by atoms with Crippen LogP contribution in [0.15, 0.2) is 34.7 Å². The largest absolute Gasteiger partial charge is 0.385 e. The fourth-order valence-corrected chi connectivity index (χ4v) is 3.74. The van der Waals surface area contributed by atoms with Gasteiger partial charge in [-0.1, -0.05) is 36.8 Å². The molecule has 0 N–H and O–H groups in total. The van der Waals surface area contributed by atoms with Crippen molar-refractivity contribution in [1.82, 2.24) is 0 Å². The van der Waals surface area contributed by atoms with Gasteiger partial charge < -0.3 is 4.74 Å². The zero-order valence-corrected chi connectivity index (χ0v) is 12.8. The Kier molecular flexibility index (Phi) is 4.60. The molecule has 1 aliphatic carbocycles. The van der Waals surface area contributed by atoms with Crippen LogP contribution in [0.2, 0.25) is 0 Å². The van der Waals surface area contributed by atoms with Crippen LogP contribution in [0.25, 0.3) is 0 Å². The van der Waals surface area contributed by atoms with Crippen LogP contribution in [0, 0.1) is 0 Å². The number of methoxy groups -OCH3 is 1. The minimum atomic E-state index is -2.35. The van der Waals surface area contributed by atoms with E-state index in [0.717, 1.165) is 32.3 Å². The van der Waals surface area contributed by atoms with Gasteiger partial charge in [0, 0.05) is 19.1 Å². The molecule has 5 heteroatoms. The molecule has 2 atom stereocenters. The predicted molar refractivity (Wildman–Crippen MR) is 78.2 cm³/mol. The summed E-state index contributed by atoms with van der Waals surface area (Å²) < 4.78 is 30.9. The van der Waals surface area contributed by atoms with Gasteiger partial charge in [0.15, 0.2) is 0 Å². The minimum absolute atomic E-state index is 0.137. The Morgan fingerprint density at radius 3 is 2.55 bits per heavy atom. The Hall–Kier alpha value is -1.20. The van der Waals surface area contributed by atoms with E-state index < -0.39 is 16.0 Å². The fraction of sp³-hybridized carbons (Fsp3) is 0.600. The zero-order valence-electron chi connectivity index (χ0n) is 12.0. The smallest absolute Gasteiger partial charge is 0.311 e. The number of ether oxygens (including phenoxy) is 1. The number of hydrogen-bond acceptors (Lipinski definition) is 4. The maximum atomic E-state index is 11.0. The van der Waals surface area contributed by atoms with E-state index in [1.807, 2.05) is 25.1 Å². The van der Waals surface area contributed by atoms with E-state index in [2.05, 4.69) is 16.5 Å². The predicted octanol–water partition coefficient (Wildman–Crippen LogP) is 2.97. The standard InChI is InChI=1S/C15H21NO3S/c1-14(16-20(17)18)12-15(14,10-6-7-11-19-2)13-8-4-3-5-9-13/h3-5,8-9H,6-7,10-12H2,1-2H3. The summed E-state index contributed by atoms with van der Waals surface area (Å²) in [4.78, 5) is 0. The second-order valence-corrected chi connectivity index (χ2v) is 6.27. The molecule has 2 rings (SSSR count). The molecular formula is C15H21NO3S. The molecule has 110 valence electrons. The molecule has 0 radical (unpaired) electrons. The first kappa shape index (κ1) is 15.2. The van der Waals surface area contributed by atoms with Gasteiger partial charge in [-0.15, -0.1) is 0 Å². The Labute approximate surface area is 121 Å². The molecule has 4 nitrogen and oxygen atoms in total. The van der Waals surface area contributed by atoms with Crippen molar-refractivity contribution in [3.05, 3.63) is 35.9 Å². The van der Waals surface area contributed by atoms with Crippen molar-refractivity contribution in [3.8, 4) is 0 Å². The van der Waals surface area contributed by atoms with Crippen LogP contribution in [0.3, 0.4) is 0 Å². The molecule has 1 aromatic rings. The zero-order chi connectivity index (χ0) is 14.6. The quantitative estimate of drug-likeness (QED) is 0.727. The van der Waals surface area contributed by atoms with Crippen LogP contribution in [-0.2, 0) is 20.7 Å². The summed E-state index contributed by atoms with van der Waals surface area (Å²) in [6.45, 7) is 2.68. The Balaban J connectivity index is 2.21. The van der Waals surface area contributed by atoms with E-state index in [1.165, 1.54) is 5.56 Å². The topological polar surface area (TPSA) is 55.7 Å². The van der Waals surface area contributed by atoms with Crippen LogP contribution in [0.5, 0.6) is 0 Å². The van der Waals surface area contributed by atoms with Crippen molar-refractivity contribution < 1.29 is 13.2 Å². The van der Waals surface area contributed by atoms with Crippen LogP contribution >= 0.6 is 0 Å². The van der Waals surface area contributed by atoms with Crippen LogP contribution in [0.4, 0.5) is 0 Å². The molecule has 1 fully saturated rings. The van der Waals surface area contributed by atoms with Gasteiger partial charge in [0.05, 0.1) is 5.54 Å². The first-order chi connectivity index (χ1) is 9.54. The lowest BCUT2D eigenvalue weighted by Crippen LogP contribution is -2.19. The first-order valence-corrected chi connectivity index (χ1v) is 7.94. The monoisotopic (exact) mass is 295 g/mol. The van der Waals surface area contributed by atoms with Crippen LogP contribution < -0.4 is 0 Å². The highest BCUT2D eigenvalue weighted by atomic mass is 32.2. The molecule has 0 heterocycles. The SMILES string of the molecule is COCCCCC1(c2ccccc2)CC1(C)N=S(=O)=O. The van der Waals surface area contributed by atoms with E-state index in [-0.39, 0.29) is 5.41 Å². The van der Waals surface area contributed by atoms with Crippen molar-refractivity contribution in [1.29, 1.82) is 0 Å². The van der Waals surface area contributed by atoms with Gasteiger partial charge in [-0.25, -0.2) is 0 Å². The molecule has 1 aromatic carbocycles. The highest BCUT2D eigenvalue weighted by Gasteiger charge is 2.65. The maximum Gasteiger partial charge on any atom is 0.311 e. The normalized spacial score (nSPS) is 28.1. The van der Waals surface area contributed by atoms with Gasteiger partial charge in [-0.05, 0) is 31.7 Å². The van der Waals surface area contributed by atoms with Gasteiger partial charge in [-0.3, -0.25) is 0 Å². The molecule has 0 aromatic heterocycles. The average Bonchev–Trinajstić information content (AvgIpc) is 3.00. The number of hydrogen-bond donors (Lipinski definition) is 0. The molecule has 0 spiro atoms. The van der Waals surface area contributed by atoms with Crippen molar-refractivity contribution in [2.24, 2.45) is 4.36 Å². The Morgan fingerprint density at radius 1 is 1.25 bits per heavy atom. The molecule has 0 saturated heterocycles. The van der Waals surface area contributed by atoms with Crippen molar-refractivity contribution in [2.45, 2.75) is 43.6 Å². The second-order valence-electron chi connectivity index (χ2n) is 5.66. The minimum Gasteiger partial charge on any atom is -0.385 e. The third-order valence-electron chi connectivity index (χ3n) is 4.36. The number of nitrogens with zero attached hydrogens (tertiary/aromatic N) is 1. The number of unbranched alkanes of at least 4 members (excludes halogenated alkanes) is 1. The van der Waals surface area contributed by atoms with Gasteiger partial charge in [0.1, 0.15) is 0 Å². The van der Waals surface area contributed by atoms with E-state index in [0.29, 0.717) is 0 Å². The van der Waals surface area contributed by atoms with Crippen LogP contribution in [-0.4, -0.2) is 27.7 Å². The summed E-state index contributed by atoms with van der Waals surface area (Å²) in [7, 11) is -0.653. The van der Waals surface area contributed by atoms with Crippen molar-refractivity contribution in [2.75, 3.05) is 13.7 Å². The lowest BCUT2D eigenvalue weighted by atomic mass is 9.86. The summed E-state index contributed by atoms with van der Waals surface area (Å²) in [5.74, 6) is 0. The van der Waals surface area contributed by atoms with Crippen LogP contribution in [0.1, 0.15) is 38.2 Å². The molecular weight excluding hydrogens is 274 g/mol. The van der Waals surface area contributed by atoms with Gasteiger partial charge in [0.2, 0.25) is 0 Å². The van der Waals surface area contributed by atoms with Gasteiger partial charge in [0.25, 0.3) is 0 Å². The van der Waals surface area contributed by atoms with Gasteiger partial charge >= 0.3 is 10.5 Å². The molecule has 0 aliphatic heterocycles. The summed E-state index contributed by atoms with van der Waals surface area (Å²) in [6.07, 6.45) is 3.74. The van der Waals surface area contributed by atoms with Gasteiger partial charge in [-0.2, -0.15) is 12.8 Å². The molecule has 0 bridgehead atoms. The average molecular weight is 295 g/mol. The summed E-state index contributed by atoms with van der Waals surface area (Å²) in [5, 5.41) is 0. The molecule has 0 amide bonds. The third kappa shape index (κ3) is 2.94. The van der Waals surface area contributed by atoms with Crippen molar-refractivity contribution >= 4 is 10.5 Å². The summed E-state index contributed by atoms with van der Waals surface area (Å²) in [5.41, 5.74) is 0.560. The van der Waals surface area contributed by atoms with E-state index in [1.54, 1.807) is 7.11 Å². The molecule has 2 unspecified atom stereocenters. The highest BCUT2D eigenvalue weighted by Crippen LogP contribution is 2.62. The van der Waals surface area contributed by atoms with E-state index in [4.69, 9.17) is 4.74 Å². The van der Waals surface area contributed by atoms with E-state index in [9.17, 15) is 8.42 Å². The Bertz CT molecular complexity index is 576. The lowest BCUT2D eigenvalue weighted by Gasteiger charge is -2.20. The first-order valence-electron chi connectivity index (χ1n) is 6.91. The molecule has 1 aliphatic rings. The molecule has 20 heavy (non-hydrogen) atoms. The fourth-order valence-electron chi connectivity index (χ4n) is 3.17. The maximum absolute atomic E-state index is 11.0. The third-order valence-corrected chi connectivity index (χ3v) is 4.91. The van der Waals surface area contributed by atoms with Crippen molar-refractivity contribution in [3.63, 3.8) is 0 Å². The Morgan fingerprint density at radius 2 is 1.95 bits per heavy atom. The molecule has 1 saturated carbocycles. The summed E-state index contributed by atoms with van der Waals surface area (Å²) >= 11 is 0. The van der Waals surface area contributed by atoms with E-state index >= 15 is 0 Å². The number of rotatable bonds is 7. The highest BCUT2D eigenvalue weighted by molar-refractivity contribution is 7.61.